The van der Waals surface area contributed by atoms with Crippen molar-refractivity contribution < 1.29 is 4.79 Å². The van der Waals surface area contributed by atoms with Crippen molar-refractivity contribution in [3.8, 4) is 11.1 Å². The van der Waals surface area contributed by atoms with E-state index in [0.29, 0.717) is 6.42 Å². The third kappa shape index (κ3) is 3.36. The van der Waals surface area contributed by atoms with Crippen molar-refractivity contribution in [1.29, 1.82) is 0 Å². The number of rotatable bonds is 4. The van der Waals surface area contributed by atoms with Crippen LogP contribution in [0, 0.1) is 0 Å². The number of benzene rings is 2. The van der Waals surface area contributed by atoms with Crippen molar-refractivity contribution in [1.82, 2.24) is 10.2 Å². The fourth-order valence-corrected chi connectivity index (χ4v) is 2.14. The summed E-state index contributed by atoms with van der Waals surface area (Å²) in [5.74, 6) is -0.0164. The molecule has 0 saturated carbocycles. The van der Waals surface area contributed by atoms with Crippen LogP contribution >= 0.6 is 0 Å². The van der Waals surface area contributed by atoms with Crippen LogP contribution in [0.4, 0.5) is 5.69 Å². The number of carbonyl (C=O) groups is 1. The number of aromatic nitrogens is 2. The monoisotopic (exact) mass is 277 g/mol. The Morgan fingerprint density at radius 3 is 2.43 bits per heavy atom. The lowest BCUT2D eigenvalue weighted by atomic mass is 10.1. The first-order chi connectivity index (χ1) is 10.3. The van der Waals surface area contributed by atoms with Crippen LogP contribution in [0.2, 0.25) is 0 Å². The van der Waals surface area contributed by atoms with E-state index in [0.717, 1.165) is 22.4 Å². The van der Waals surface area contributed by atoms with Gasteiger partial charge in [-0.15, -0.1) is 0 Å². The van der Waals surface area contributed by atoms with E-state index in [1.165, 1.54) is 0 Å². The first kappa shape index (κ1) is 13.1. The molecule has 21 heavy (non-hydrogen) atoms. The van der Waals surface area contributed by atoms with E-state index < -0.39 is 0 Å². The average molecular weight is 277 g/mol. The van der Waals surface area contributed by atoms with E-state index in [1.54, 1.807) is 6.20 Å². The number of amides is 1. The topological polar surface area (TPSA) is 57.8 Å². The number of hydrogen-bond acceptors (Lipinski definition) is 2. The van der Waals surface area contributed by atoms with E-state index >= 15 is 0 Å². The molecule has 1 aromatic heterocycles. The molecule has 104 valence electrons. The number of aromatic amines is 1. The molecule has 1 heterocycles. The highest BCUT2D eigenvalue weighted by molar-refractivity contribution is 5.92. The largest absolute Gasteiger partial charge is 0.326 e. The van der Waals surface area contributed by atoms with E-state index in [2.05, 4.69) is 15.5 Å². The first-order valence-electron chi connectivity index (χ1n) is 6.74. The van der Waals surface area contributed by atoms with Crippen LogP contribution < -0.4 is 5.32 Å². The zero-order valence-electron chi connectivity index (χ0n) is 11.4. The second-order valence-electron chi connectivity index (χ2n) is 4.77. The van der Waals surface area contributed by atoms with Crippen LogP contribution in [0.5, 0.6) is 0 Å². The summed E-state index contributed by atoms with van der Waals surface area (Å²) in [5.41, 5.74) is 3.88. The molecule has 4 nitrogen and oxygen atoms in total. The quantitative estimate of drug-likeness (QED) is 0.769. The molecule has 0 fully saturated rings. The summed E-state index contributed by atoms with van der Waals surface area (Å²) >= 11 is 0. The zero-order valence-corrected chi connectivity index (χ0v) is 11.4. The van der Waals surface area contributed by atoms with Crippen LogP contribution in [0.15, 0.2) is 67.0 Å². The van der Waals surface area contributed by atoms with Gasteiger partial charge in [0.05, 0.1) is 12.6 Å². The highest BCUT2D eigenvalue weighted by atomic mass is 16.1. The molecular weight excluding hydrogens is 262 g/mol. The van der Waals surface area contributed by atoms with Crippen molar-refractivity contribution in [2.75, 3.05) is 5.32 Å². The molecule has 0 bridgehead atoms. The molecular formula is C17H15N3O. The molecule has 0 aliphatic carbocycles. The number of H-pyrrole nitrogens is 1. The van der Waals surface area contributed by atoms with Gasteiger partial charge in [-0.25, -0.2) is 0 Å². The van der Waals surface area contributed by atoms with Gasteiger partial charge in [0.1, 0.15) is 0 Å². The Labute approximate surface area is 122 Å². The summed E-state index contributed by atoms with van der Waals surface area (Å²) in [6, 6.07) is 17.4. The lowest BCUT2D eigenvalue weighted by Crippen LogP contribution is -2.14. The fourth-order valence-electron chi connectivity index (χ4n) is 2.14. The molecule has 0 saturated heterocycles. The predicted octanol–water partition coefficient (Wildman–Crippen LogP) is 3.26. The maximum Gasteiger partial charge on any atom is 0.228 e. The number of nitrogens with one attached hydrogen (secondary N) is 2. The fraction of sp³-hybridized carbons (Fsp3) is 0.0588. The van der Waals surface area contributed by atoms with Gasteiger partial charge in [0.2, 0.25) is 5.91 Å². The SMILES string of the molecule is O=C(Cc1ccccc1)Nc1ccc(-c2cn[nH]c2)cc1. The minimum atomic E-state index is -0.0164. The third-order valence-corrected chi connectivity index (χ3v) is 3.21. The summed E-state index contributed by atoms with van der Waals surface area (Å²) < 4.78 is 0. The van der Waals surface area contributed by atoms with Crippen LogP contribution in [0.1, 0.15) is 5.56 Å². The molecule has 2 N–H and O–H groups in total. The van der Waals surface area contributed by atoms with Crippen LogP contribution in [0.25, 0.3) is 11.1 Å². The lowest BCUT2D eigenvalue weighted by Gasteiger charge is -2.06. The highest BCUT2D eigenvalue weighted by Crippen LogP contribution is 2.20. The van der Waals surface area contributed by atoms with E-state index in [1.807, 2.05) is 60.8 Å². The predicted molar refractivity (Wildman–Crippen MR) is 82.8 cm³/mol. The molecule has 2 aromatic carbocycles. The van der Waals surface area contributed by atoms with Gasteiger partial charge in [0.25, 0.3) is 0 Å². The van der Waals surface area contributed by atoms with E-state index in [9.17, 15) is 4.79 Å². The third-order valence-electron chi connectivity index (χ3n) is 3.21. The van der Waals surface area contributed by atoms with Gasteiger partial charge in [-0.3, -0.25) is 9.89 Å². The van der Waals surface area contributed by atoms with Gasteiger partial charge in [0, 0.05) is 17.4 Å². The maximum atomic E-state index is 12.0. The standard InChI is InChI=1S/C17H15N3O/c21-17(10-13-4-2-1-3-5-13)20-16-8-6-14(7-9-16)15-11-18-19-12-15/h1-9,11-12H,10H2,(H,18,19)(H,20,21). The average Bonchev–Trinajstić information content (AvgIpc) is 3.03. The number of nitrogens with zero attached hydrogens (tertiary/aromatic N) is 1. The molecule has 0 unspecified atom stereocenters. The van der Waals surface area contributed by atoms with Gasteiger partial charge in [-0.2, -0.15) is 5.10 Å². The summed E-state index contributed by atoms with van der Waals surface area (Å²) in [5, 5.41) is 9.60. The molecule has 3 aromatic rings. The second-order valence-corrected chi connectivity index (χ2v) is 4.77. The molecule has 0 aliphatic heterocycles. The Morgan fingerprint density at radius 2 is 1.76 bits per heavy atom. The maximum absolute atomic E-state index is 12.0. The Kier molecular flexibility index (Phi) is 3.78. The molecule has 0 radical (unpaired) electrons. The summed E-state index contributed by atoms with van der Waals surface area (Å²) in [7, 11) is 0. The van der Waals surface area contributed by atoms with Crippen molar-refractivity contribution in [3.63, 3.8) is 0 Å². The van der Waals surface area contributed by atoms with Crippen LogP contribution in [-0.4, -0.2) is 16.1 Å². The minimum Gasteiger partial charge on any atom is -0.326 e. The summed E-state index contributed by atoms with van der Waals surface area (Å²) in [4.78, 5) is 12.0. The Bertz CT molecular complexity index is 704. The molecule has 0 atom stereocenters. The Morgan fingerprint density at radius 1 is 1.00 bits per heavy atom. The van der Waals surface area contributed by atoms with Gasteiger partial charge < -0.3 is 5.32 Å². The minimum absolute atomic E-state index is 0.0164. The van der Waals surface area contributed by atoms with Crippen molar-refractivity contribution in [2.45, 2.75) is 6.42 Å². The zero-order chi connectivity index (χ0) is 14.5. The Hall–Kier alpha value is -2.88. The second kappa shape index (κ2) is 6.05. The Balaban J connectivity index is 1.64. The van der Waals surface area contributed by atoms with Crippen LogP contribution in [0.3, 0.4) is 0 Å². The first-order valence-corrected chi connectivity index (χ1v) is 6.74. The van der Waals surface area contributed by atoms with Gasteiger partial charge >= 0.3 is 0 Å². The van der Waals surface area contributed by atoms with Crippen molar-refractivity contribution >= 4 is 11.6 Å². The normalized spacial score (nSPS) is 10.3. The van der Waals surface area contributed by atoms with Gasteiger partial charge in [-0.1, -0.05) is 42.5 Å². The summed E-state index contributed by atoms with van der Waals surface area (Å²) in [6.07, 6.45) is 3.98. The summed E-state index contributed by atoms with van der Waals surface area (Å²) in [6.45, 7) is 0. The highest BCUT2D eigenvalue weighted by Gasteiger charge is 2.04. The van der Waals surface area contributed by atoms with Gasteiger partial charge in [-0.05, 0) is 23.3 Å². The molecule has 4 heteroatoms. The van der Waals surface area contributed by atoms with Crippen LogP contribution in [-0.2, 0) is 11.2 Å². The lowest BCUT2D eigenvalue weighted by molar-refractivity contribution is -0.115. The van der Waals surface area contributed by atoms with Gasteiger partial charge in [0.15, 0.2) is 0 Å². The van der Waals surface area contributed by atoms with E-state index in [4.69, 9.17) is 0 Å². The molecule has 0 aliphatic rings. The number of anilines is 1. The van der Waals surface area contributed by atoms with Crippen molar-refractivity contribution in [3.05, 3.63) is 72.6 Å². The molecule has 0 spiro atoms. The van der Waals surface area contributed by atoms with E-state index in [-0.39, 0.29) is 5.91 Å². The molecule has 3 rings (SSSR count). The van der Waals surface area contributed by atoms with Crippen molar-refractivity contribution in [2.24, 2.45) is 0 Å². The molecule has 1 amide bonds. The smallest absolute Gasteiger partial charge is 0.228 e. The number of hydrogen-bond donors (Lipinski definition) is 2. The number of carbonyl (C=O) groups excluding carboxylic acids is 1.